The third-order valence-electron chi connectivity index (χ3n) is 3.99. The van der Waals surface area contributed by atoms with Crippen LogP contribution >= 0.6 is 23.6 Å². The van der Waals surface area contributed by atoms with Gasteiger partial charge >= 0.3 is 0 Å². The van der Waals surface area contributed by atoms with Crippen molar-refractivity contribution in [1.82, 2.24) is 10.3 Å². The minimum atomic E-state index is -0.635. The number of nitro groups is 1. The zero-order chi connectivity index (χ0) is 21.3. The second kappa shape index (κ2) is 7.97. The molecule has 0 aliphatic heterocycles. The van der Waals surface area contributed by atoms with Crippen LogP contribution in [0.1, 0.15) is 10.6 Å². The van der Waals surface area contributed by atoms with Crippen molar-refractivity contribution in [2.45, 2.75) is 0 Å². The van der Waals surface area contributed by atoms with E-state index >= 15 is 0 Å². The van der Waals surface area contributed by atoms with E-state index in [9.17, 15) is 19.3 Å². The third kappa shape index (κ3) is 4.02. The molecule has 30 heavy (non-hydrogen) atoms. The monoisotopic (exact) mass is 442 g/mol. The van der Waals surface area contributed by atoms with Gasteiger partial charge in [0.15, 0.2) is 16.0 Å². The molecule has 0 fully saturated rings. The third-order valence-corrected chi connectivity index (χ3v) is 5.13. The maximum Gasteiger partial charge on any atom is 0.293 e. The summed E-state index contributed by atoms with van der Waals surface area (Å²) in [5.41, 5.74) is 0.713. The van der Waals surface area contributed by atoms with Crippen LogP contribution in [0.25, 0.3) is 21.5 Å². The predicted molar refractivity (Wildman–Crippen MR) is 114 cm³/mol. The number of halogens is 1. The van der Waals surface area contributed by atoms with Gasteiger partial charge in [0.25, 0.3) is 11.6 Å². The van der Waals surface area contributed by atoms with Gasteiger partial charge in [0.1, 0.15) is 11.6 Å². The number of thiazole rings is 1. The van der Waals surface area contributed by atoms with Crippen molar-refractivity contribution >= 4 is 55.6 Å². The van der Waals surface area contributed by atoms with Gasteiger partial charge in [-0.25, -0.2) is 9.37 Å². The molecular formula is C19H11FN4O4S2. The Morgan fingerprint density at radius 3 is 2.80 bits per heavy atom. The molecule has 0 aliphatic carbocycles. The number of thiocarbonyl (C=S) groups is 1. The molecule has 8 nitrogen and oxygen atoms in total. The minimum Gasteiger partial charge on any atom is -0.451 e. The highest BCUT2D eigenvalue weighted by atomic mass is 32.1. The number of nitro benzene ring substituents is 1. The van der Waals surface area contributed by atoms with Crippen molar-refractivity contribution in [3.05, 3.63) is 76.3 Å². The number of aromatic nitrogens is 1. The summed E-state index contributed by atoms with van der Waals surface area (Å²) < 4.78 is 19.4. The molecule has 2 heterocycles. The summed E-state index contributed by atoms with van der Waals surface area (Å²) in [5, 5.41) is 16.8. The molecule has 4 rings (SSSR count). The van der Waals surface area contributed by atoms with E-state index in [1.54, 1.807) is 18.2 Å². The highest BCUT2D eigenvalue weighted by molar-refractivity contribution is 7.80. The average Bonchev–Trinajstić information content (AvgIpc) is 3.34. The first-order chi connectivity index (χ1) is 14.4. The number of benzene rings is 2. The summed E-state index contributed by atoms with van der Waals surface area (Å²) >= 11 is 6.30. The lowest BCUT2D eigenvalue weighted by atomic mass is 10.1. The lowest BCUT2D eigenvalue weighted by Gasteiger charge is -2.05. The number of nitrogens with one attached hydrogen (secondary N) is 2. The Hall–Kier alpha value is -3.70. The number of carbonyl (C=O) groups excluding carboxylic acids is 1. The zero-order valence-electron chi connectivity index (χ0n) is 14.9. The number of nitrogens with zero attached hydrogens (tertiary/aromatic N) is 2. The molecule has 0 atom stereocenters. The molecule has 2 aromatic carbocycles. The lowest BCUT2D eigenvalue weighted by Crippen LogP contribution is -2.33. The Bertz CT molecular complexity index is 1300. The molecule has 11 heteroatoms. The maximum absolute atomic E-state index is 13.3. The number of fused-ring (bicyclic) bond motifs is 1. The largest absolute Gasteiger partial charge is 0.451 e. The first kappa shape index (κ1) is 19.6. The summed E-state index contributed by atoms with van der Waals surface area (Å²) in [6, 6.07) is 13.1. The van der Waals surface area contributed by atoms with Crippen molar-refractivity contribution in [3.8, 4) is 11.3 Å². The highest BCUT2D eigenvalue weighted by Crippen LogP contribution is 2.31. The first-order valence-electron chi connectivity index (χ1n) is 8.43. The van der Waals surface area contributed by atoms with Gasteiger partial charge in [-0.1, -0.05) is 23.5 Å². The van der Waals surface area contributed by atoms with E-state index < -0.39 is 10.8 Å². The molecule has 150 valence electrons. The highest BCUT2D eigenvalue weighted by Gasteiger charge is 2.20. The van der Waals surface area contributed by atoms with Gasteiger partial charge in [-0.15, -0.1) is 0 Å². The van der Waals surface area contributed by atoms with Gasteiger partial charge in [0.2, 0.25) is 0 Å². The van der Waals surface area contributed by atoms with Crippen LogP contribution in [0.2, 0.25) is 0 Å². The van der Waals surface area contributed by atoms with E-state index in [2.05, 4.69) is 15.6 Å². The number of para-hydroxylation sites is 1. The topological polar surface area (TPSA) is 110 Å². The van der Waals surface area contributed by atoms with Crippen LogP contribution in [0.15, 0.2) is 59.0 Å². The summed E-state index contributed by atoms with van der Waals surface area (Å²) in [7, 11) is 0. The van der Waals surface area contributed by atoms with Gasteiger partial charge in [0, 0.05) is 6.07 Å². The molecule has 0 saturated heterocycles. The van der Waals surface area contributed by atoms with Gasteiger partial charge in [-0.05, 0) is 48.6 Å². The summed E-state index contributed by atoms with van der Waals surface area (Å²) in [6.45, 7) is 0. The smallest absolute Gasteiger partial charge is 0.293 e. The Kier molecular flexibility index (Phi) is 5.21. The van der Waals surface area contributed by atoms with Gasteiger partial charge in [-0.2, -0.15) is 0 Å². The summed E-state index contributed by atoms with van der Waals surface area (Å²) in [5.74, 6) is -0.899. The van der Waals surface area contributed by atoms with Crippen molar-refractivity contribution in [3.63, 3.8) is 0 Å². The van der Waals surface area contributed by atoms with E-state index in [1.165, 1.54) is 47.7 Å². The van der Waals surface area contributed by atoms with E-state index in [-0.39, 0.29) is 33.7 Å². The molecule has 0 spiro atoms. The quantitative estimate of drug-likeness (QED) is 0.267. The number of anilines is 1. The van der Waals surface area contributed by atoms with Gasteiger partial charge in [0.05, 0.1) is 20.7 Å². The zero-order valence-corrected chi connectivity index (χ0v) is 16.6. The number of hydrogen-bond acceptors (Lipinski definition) is 7. The van der Waals surface area contributed by atoms with Crippen molar-refractivity contribution in [1.29, 1.82) is 0 Å². The average molecular weight is 442 g/mol. The normalized spacial score (nSPS) is 10.7. The van der Waals surface area contributed by atoms with Crippen LogP contribution in [0, 0.1) is 15.9 Å². The fourth-order valence-corrected chi connectivity index (χ4v) is 3.84. The van der Waals surface area contributed by atoms with Gasteiger partial charge < -0.3 is 9.73 Å². The fraction of sp³-hybridized carbons (Fsp3) is 0. The summed E-state index contributed by atoms with van der Waals surface area (Å²) in [4.78, 5) is 27.3. The van der Waals surface area contributed by atoms with Crippen LogP contribution in [-0.2, 0) is 0 Å². The van der Waals surface area contributed by atoms with Crippen molar-refractivity contribution in [2.75, 3.05) is 5.32 Å². The van der Waals surface area contributed by atoms with Crippen LogP contribution < -0.4 is 10.6 Å². The van der Waals surface area contributed by atoms with Crippen LogP contribution in [0.5, 0.6) is 0 Å². The summed E-state index contributed by atoms with van der Waals surface area (Å²) in [6.07, 6.45) is 0. The number of hydrogen-bond donors (Lipinski definition) is 2. The number of amides is 1. The van der Waals surface area contributed by atoms with E-state index in [1.807, 2.05) is 0 Å². The minimum absolute atomic E-state index is 0.0248. The molecule has 2 N–H and O–H groups in total. The molecule has 0 bridgehead atoms. The molecule has 0 unspecified atom stereocenters. The van der Waals surface area contributed by atoms with Crippen molar-refractivity contribution < 1.29 is 18.5 Å². The Labute approximate surface area is 177 Å². The van der Waals surface area contributed by atoms with E-state index in [0.29, 0.717) is 15.3 Å². The van der Waals surface area contributed by atoms with E-state index in [0.717, 1.165) is 0 Å². The van der Waals surface area contributed by atoms with Crippen molar-refractivity contribution in [2.24, 2.45) is 0 Å². The lowest BCUT2D eigenvalue weighted by molar-refractivity contribution is -0.384. The molecule has 1 amide bonds. The Balaban J connectivity index is 1.46. The first-order valence-corrected chi connectivity index (χ1v) is 9.65. The van der Waals surface area contributed by atoms with Crippen LogP contribution in [0.3, 0.4) is 0 Å². The molecular weight excluding hydrogens is 431 g/mol. The van der Waals surface area contributed by atoms with E-state index in [4.69, 9.17) is 16.6 Å². The molecule has 4 aromatic rings. The second-order valence-corrected chi connectivity index (χ2v) is 7.42. The Morgan fingerprint density at radius 2 is 2.00 bits per heavy atom. The maximum atomic E-state index is 13.3. The number of furan rings is 1. The Morgan fingerprint density at radius 1 is 1.20 bits per heavy atom. The standard InChI is InChI=1S/C19H11FN4O4S2/c20-10-5-6-12-16(9-10)30-19(21-12)23-18(29)22-17(25)15-8-7-14(28-15)11-3-1-2-4-13(11)24(26)27/h1-9H,(H2,21,22,23,25,29). The van der Waals surface area contributed by atoms with Crippen LogP contribution in [-0.4, -0.2) is 20.9 Å². The number of carbonyl (C=O) groups is 1. The molecule has 0 saturated carbocycles. The SMILES string of the molecule is O=C(NC(=S)Nc1nc2ccc(F)cc2s1)c1ccc(-c2ccccc2[N+](=O)[O-])o1. The van der Waals surface area contributed by atoms with Gasteiger partial charge in [-0.3, -0.25) is 20.2 Å². The number of rotatable bonds is 4. The second-order valence-electron chi connectivity index (χ2n) is 5.98. The molecule has 2 aromatic heterocycles. The molecule has 0 aliphatic rings. The fourth-order valence-electron chi connectivity index (χ4n) is 2.69. The molecule has 0 radical (unpaired) electrons. The van der Waals surface area contributed by atoms with Crippen LogP contribution in [0.4, 0.5) is 15.2 Å². The predicted octanol–water partition coefficient (Wildman–Crippen LogP) is 4.73.